The molecular formula is C26H27F3N4O4. The van der Waals surface area contributed by atoms with E-state index in [-0.39, 0.29) is 35.1 Å². The molecular weight excluding hydrogens is 489 g/mol. The summed E-state index contributed by atoms with van der Waals surface area (Å²) < 4.78 is 48.2. The average Bonchev–Trinajstić information content (AvgIpc) is 3.23. The third-order valence-electron chi connectivity index (χ3n) is 7.09. The lowest BCUT2D eigenvalue weighted by Gasteiger charge is -2.32. The van der Waals surface area contributed by atoms with Gasteiger partial charge in [-0.25, -0.2) is 9.78 Å². The summed E-state index contributed by atoms with van der Waals surface area (Å²) in [6.45, 7) is 0.834. The Balaban J connectivity index is 1.29. The van der Waals surface area contributed by atoms with Crippen molar-refractivity contribution in [1.29, 1.82) is 0 Å². The SMILES string of the molecule is COC1CC=C(c2cnc3[nH]c(=O)n(C4CCN(C(=O)c5ccc(OC(F)(F)F)cc5)CC4)c3c2)CC1. The number of carbonyl (C=O) groups is 1. The highest BCUT2D eigenvalue weighted by Crippen LogP contribution is 2.31. The number of H-pyrrole nitrogens is 1. The molecule has 37 heavy (non-hydrogen) atoms. The van der Waals surface area contributed by atoms with Crippen molar-refractivity contribution in [2.75, 3.05) is 20.2 Å². The summed E-state index contributed by atoms with van der Waals surface area (Å²) in [5, 5.41) is 0. The topological polar surface area (TPSA) is 89.5 Å². The molecule has 0 bridgehead atoms. The number of allylic oxidation sites excluding steroid dienone is 1. The molecule has 8 nitrogen and oxygen atoms in total. The van der Waals surface area contributed by atoms with Gasteiger partial charge in [0.1, 0.15) is 5.75 Å². The van der Waals surface area contributed by atoms with Crippen LogP contribution in [0.4, 0.5) is 13.2 Å². The van der Waals surface area contributed by atoms with Gasteiger partial charge in [-0.1, -0.05) is 6.08 Å². The molecule has 0 saturated carbocycles. The van der Waals surface area contributed by atoms with Gasteiger partial charge in [0.05, 0.1) is 11.6 Å². The Labute approximate surface area is 210 Å². The van der Waals surface area contributed by atoms with E-state index in [1.165, 1.54) is 17.7 Å². The van der Waals surface area contributed by atoms with Gasteiger partial charge in [0.15, 0.2) is 5.65 Å². The predicted molar refractivity (Wildman–Crippen MR) is 130 cm³/mol. The van der Waals surface area contributed by atoms with Gasteiger partial charge in [-0.2, -0.15) is 0 Å². The van der Waals surface area contributed by atoms with E-state index in [1.807, 2.05) is 6.07 Å². The van der Waals surface area contributed by atoms with Crippen molar-refractivity contribution in [2.45, 2.75) is 50.6 Å². The first-order valence-electron chi connectivity index (χ1n) is 12.2. The van der Waals surface area contributed by atoms with Gasteiger partial charge in [0.2, 0.25) is 0 Å². The van der Waals surface area contributed by atoms with Crippen LogP contribution in [-0.2, 0) is 4.74 Å². The molecule has 1 saturated heterocycles. The maximum atomic E-state index is 12.9. The first-order valence-corrected chi connectivity index (χ1v) is 12.2. The molecule has 3 heterocycles. The molecule has 2 aromatic heterocycles. The van der Waals surface area contributed by atoms with Crippen molar-refractivity contribution >= 4 is 22.6 Å². The lowest BCUT2D eigenvalue weighted by atomic mass is 9.93. The summed E-state index contributed by atoms with van der Waals surface area (Å²) in [5.74, 6) is -0.650. The number of rotatable bonds is 5. The highest BCUT2D eigenvalue weighted by atomic mass is 19.4. The Morgan fingerprint density at radius 2 is 1.86 bits per heavy atom. The van der Waals surface area contributed by atoms with Crippen LogP contribution in [0.15, 0.2) is 47.4 Å². The van der Waals surface area contributed by atoms with Gasteiger partial charge < -0.3 is 14.4 Å². The number of amides is 1. The highest BCUT2D eigenvalue weighted by molar-refractivity contribution is 5.94. The molecule has 2 aliphatic rings. The van der Waals surface area contributed by atoms with E-state index in [1.54, 1.807) is 22.8 Å². The Morgan fingerprint density at radius 3 is 2.49 bits per heavy atom. The van der Waals surface area contributed by atoms with Crippen LogP contribution in [0, 0.1) is 0 Å². The van der Waals surface area contributed by atoms with Crippen LogP contribution in [0.25, 0.3) is 16.7 Å². The van der Waals surface area contributed by atoms with Crippen molar-refractivity contribution in [1.82, 2.24) is 19.4 Å². The average molecular weight is 517 g/mol. The number of ether oxygens (including phenoxy) is 2. The number of hydrogen-bond donors (Lipinski definition) is 1. The molecule has 1 amide bonds. The van der Waals surface area contributed by atoms with Crippen LogP contribution in [0.5, 0.6) is 5.75 Å². The van der Waals surface area contributed by atoms with E-state index in [0.29, 0.717) is 31.6 Å². The number of hydrogen-bond acceptors (Lipinski definition) is 5. The zero-order valence-electron chi connectivity index (χ0n) is 20.3. The minimum absolute atomic E-state index is 0.108. The van der Waals surface area contributed by atoms with Gasteiger partial charge in [-0.3, -0.25) is 14.3 Å². The van der Waals surface area contributed by atoms with Gasteiger partial charge in [-0.05, 0) is 73.6 Å². The fraction of sp³-hybridized carbons (Fsp3) is 0.423. The van der Waals surface area contributed by atoms with Crippen LogP contribution < -0.4 is 10.4 Å². The minimum atomic E-state index is -4.79. The van der Waals surface area contributed by atoms with Crippen LogP contribution in [0.3, 0.4) is 0 Å². The Kier molecular flexibility index (Phi) is 6.80. The number of aromatic nitrogens is 3. The largest absolute Gasteiger partial charge is 0.573 e. The van der Waals surface area contributed by atoms with Gasteiger partial charge in [0, 0.05) is 38.0 Å². The molecule has 0 radical (unpaired) electrons. The monoisotopic (exact) mass is 516 g/mol. The summed E-state index contributed by atoms with van der Waals surface area (Å²) in [6, 6.07) is 6.79. The Hall–Kier alpha value is -3.60. The molecule has 1 N–H and O–H groups in total. The molecule has 1 aromatic carbocycles. The van der Waals surface area contributed by atoms with Crippen molar-refractivity contribution in [3.05, 3.63) is 64.2 Å². The fourth-order valence-electron chi connectivity index (χ4n) is 5.14. The van der Waals surface area contributed by atoms with E-state index < -0.39 is 6.36 Å². The summed E-state index contributed by atoms with van der Waals surface area (Å²) in [5.41, 5.74) is 3.49. The number of aromatic amines is 1. The first kappa shape index (κ1) is 25.1. The van der Waals surface area contributed by atoms with E-state index >= 15 is 0 Å². The van der Waals surface area contributed by atoms with Crippen LogP contribution >= 0.6 is 0 Å². The van der Waals surface area contributed by atoms with Crippen molar-refractivity contribution < 1.29 is 27.4 Å². The smallest absolute Gasteiger partial charge is 0.406 e. The summed E-state index contributed by atoms with van der Waals surface area (Å²) in [4.78, 5) is 34.7. The number of nitrogens with one attached hydrogen (secondary N) is 1. The number of carbonyl (C=O) groups excluding carboxylic acids is 1. The third kappa shape index (κ3) is 5.41. The van der Waals surface area contributed by atoms with E-state index in [2.05, 4.69) is 20.8 Å². The van der Waals surface area contributed by atoms with Crippen LogP contribution in [-0.4, -0.2) is 58.0 Å². The number of alkyl halides is 3. The number of piperidine rings is 1. The maximum Gasteiger partial charge on any atom is 0.573 e. The number of nitrogens with zero attached hydrogens (tertiary/aromatic N) is 3. The zero-order chi connectivity index (χ0) is 26.2. The number of imidazole rings is 1. The number of pyridine rings is 1. The van der Waals surface area contributed by atoms with Gasteiger partial charge >= 0.3 is 12.1 Å². The lowest BCUT2D eigenvalue weighted by molar-refractivity contribution is -0.274. The molecule has 1 aliphatic carbocycles. The number of fused-ring (bicyclic) bond motifs is 1. The van der Waals surface area contributed by atoms with Crippen LogP contribution in [0.1, 0.15) is 54.1 Å². The summed E-state index contributed by atoms with van der Waals surface area (Å²) in [6.07, 6.45) is 3.18. The second-order valence-corrected chi connectivity index (χ2v) is 9.35. The third-order valence-corrected chi connectivity index (χ3v) is 7.09. The standard InChI is InChI=1S/C26H27F3N4O4/c1-36-20-6-2-16(3-7-20)18-14-22-23(30-15-18)31-25(35)33(22)19-10-12-32(13-11-19)24(34)17-4-8-21(9-5-17)37-26(27,28)29/h2,4-5,8-9,14-15,19-20H,3,6-7,10-13H2,1H3,(H,30,31,35). The molecule has 0 spiro atoms. The first-order chi connectivity index (χ1) is 17.7. The Morgan fingerprint density at radius 1 is 1.14 bits per heavy atom. The zero-order valence-corrected chi connectivity index (χ0v) is 20.3. The van der Waals surface area contributed by atoms with Crippen molar-refractivity contribution in [3.8, 4) is 5.75 Å². The van der Waals surface area contributed by atoms with Gasteiger partial charge in [-0.15, -0.1) is 13.2 Å². The number of benzene rings is 1. The molecule has 11 heteroatoms. The molecule has 3 aromatic rings. The number of methoxy groups -OCH3 is 1. The molecule has 1 unspecified atom stereocenters. The molecule has 1 aliphatic heterocycles. The predicted octanol–water partition coefficient (Wildman–Crippen LogP) is 4.68. The minimum Gasteiger partial charge on any atom is -0.406 e. The summed E-state index contributed by atoms with van der Waals surface area (Å²) in [7, 11) is 1.72. The van der Waals surface area contributed by atoms with E-state index in [9.17, 15) is 22.8 Å². The van der Waals surface area contributed by atoms with E-state index in [0.717, 1.165) is 42.5 Å². The molecule has 196 valence electrons. The maximum absolute atomic E-state index is 12.9. The highest BCUT2D eigenvalue weighted by Gasteiger charge is 2.31. The van der Waals surface area contributed by atoms with Crippen molar-refractivity contribution in [2.24, 2.45) is 0 Å². The molecule has 1 fully saturated rings. The van der Waals surface area contributed by atoms with Gasteiger partial charge in [0.25, 0.3) is 5.91 Å². The lowest BCUT2D eigenvalue weighted by Crippen LogP contribution is -2.40. The number of likely N-dealkylation sites (tertiary alicyclic amines) is 1. The quantitative estimate of drug-likeness (QED) is 0.532. The van der Waals surface area contributed by atoms with E-state index in [4.69, 9.17) is 4.74 Å². The fourth-order valence-corrected chi connectivity index (χ4v) is 5.14. The normalized spacial score (nSPS) is 19.2. The second kappa shape index (κ2) is 10.0. The molecule has 5 rings (SSSR count). The van der Waals surface area contributed by atoms with Crippen molar-refractivity contribution in [3.63, 3.8) is 0 Å². The second-order valence-electron chi connectivity index (χ2n) is 9.35. The molecule has 1 atom stereocenters. The summed E-state index contributed by atoms with van der Waals surface area (Å²) >= 11 is 0. The van der Waals surface area contributed by atoms with Crippen LogP contribution in [0.2, 0.25) is 0 Å². The Bertz CT molecular complexity index is 1370. The number of halogens is 3.